The molecule has 0 saturated carbocycles. The highest BCUT2D eigenvalue weighted by molar-refractivity contribution is 7.15. The summed E-state index contributed by atoms with van der Waals surface area (Å²) in [5.41, 5.74) is 2.44. The SMILES string of the molecule is CC(=O)N1CCC(C(=O)Nc2nc3c(s2)CN(Cc2ccccc2)CC3)CC1. The fourth-order valence-electron chi connectivity index (χ4n) is 3.94. The Morgan fingerprint density at radius 3 is 2.64 bits per heavy atom. The first-order valence-electron chi connectivity index (χ1n) is 9.89. The van der Waals surface area contributed by atoms with Crippen molar-refractivity contribution in [1.29, 1.82) is 0 Å². The lowest BCUT2D eigenvalue weighted by atomic mass is 9.96. The minimum Gasteiger partial charge on any atom is -0.343 e. The summed E-state index contributed by atoms with van der Waals surface area (Å²) in [5, 5.41) is 3.74. The topological polar surface area (TPSA) is 65.5 Å². The van der Waals surface area contributed by atoms with Gasteiger partial charge < -0.3 is 10.2 Å². The van der Waals surface area contributed by atoms with Crippen molar-refractivity contribution in [3.8, 4) is 0 Å². The minimum absolute atomic E-state index is 0.0360. The van der Waals surface area contributed by atoms with Crippen LogP contribution in [-0.2, 0) is 29.1 Å². The molecule has 2 aromatic rings. The van der Waals surface area contributed by atoms with Gasteiger partial charge in [-0.3, -0.25) is 14.5 Å². The van der Waals surface area contributed by atoms with Gasteiger partial charge in [-0.15, -0.1) is 11.3 Å². The van der Waals surface area contributed by atoms with Crippen molar-refractivity contribution in [1.82, 2.24) is 14.8 Å². The number of amides is 2. The third-order valence-electron chi connectivity index (χ3n) is 5.60. The van der Waals surface area contributed by atoms with E-state index in [1.165, 1.54) is 10.4 Å². The van der Waals surface area contributed by atoms with Gasteiger partial charge in [0.25, 0.3) is 0 Å². The molecule has 0 aliphatic carbocycles. The summed E-state index contributed by atoms with van der Waals surface area (Å²) in [6.45, 7) is 5.72. The van der Waals surface area contributed by atoms with E-state index in [4.69, 9.17) is 0 Å². The molecule has 1 N–H and O–H groups in total. The van der Waals surface area contributed by atoms with E-state index < -0.39 is 0 Å². The Hall–Kier alpha value is -2.25. The van der Waals surface area contributed by atoms with E-state index in [1.54, 1.807) is 18.3 Å². The second-order valence-electron chi connectivity index (χ2n) is 7.60. The number of thiazole rings is 1. The maximum atomic E-state index is 12.6. The molecule has 0 atom stereocenters. The number of nitrogens with zero attached hydrogens (tertiary/aromatic N) is 3. The van der Waals surface area contributed by atoms with Crippen LogP contribution in [0.2, 0.25) is 0 Å². The van der Waals surface area contributed by atoms with Gasteiger partial charge in [-0.1, -0.05) is 30.3 Å². The monoisotopic (exact) mass is 398 g/mol. The largest absolute Gasteiger partial charge is 0.343 e. The summed E-state index contributed by atoms with van der Waals surface area (Å²) >= 11 is 1.60. The Morgan fingerprint density at radius 2 is 1.93 bits per heavy atom. The lowest BCUT2D eigenvalue weighted by Gasteiger charge is -2.30. The Bertz CT molecular complexity index is 843. The van der Waals surface area contributed by atoms with Gasteiger partial charge in [0.15, 0.2) is 5.13 Å². The van der Waals surface area contributed by atoms with E-state index >= 15 is 0 Å². The predicted molar refractivity (Wildman–Crippen MR) is 110 cm³/mol. The average molecular weight is 399 g/mol. The lowest BCUT2D eigenvalue weighted by molar-refractivity contribution is -0.132. The van der Waals surface area contributed by atoms with Crippen LogP contribution in [0.3, 0.4) is 0 Å². The Morgan fingerprint density at radius 1 is 1.18 bits per heavy atom. The minimum atomic E-state index is -0.0360. The number of fused-ring (bicyclic) bond motifs is 1. The predicted octanol–water partition coefficient (Wildman–Crippen LogP) is 2.90. The van der Waals surface area contributed by atoms with Crippen molar-refractivity contribution in [2.75, 3.05) is 25.0 Å². The van der Waals surface area contributed by atoms with Crippen LogP contribution in [0.1, 0.15) is 35.9 Å². The summed E-state index contributed by atoms with van der Waals surface area (Å²) < 4.78 is 0. The van der Waals surface area contributed by atoms with Crippen LogP contribution < -0.4 is 5.32 Å². The number of rotatable bonds is 4. The first-order chi connectivity index (χ1) is 13.6. The van der Waals surface area contributed by atoms with Gasteiger partial charge in [0.1, 0.15) is 0 Å². The Balaban J connectivity index is 1.33. The van der Waals surface area contributed by atoms with Crippen molar-refractivity contribution < 1.29 is 9.59 Å². The third-order valence-corrected chi connectivity index (χ3v) is 6.60. The highest BCUT2D eigenvalue weighted by atomic mass is 32.1. The van der Waals surface area contributed by atoms with E-state index in [2.05, 4.69) is 39.5 Å². The third kappa shape index (κ3) is 4.42. The van der Waals surface area contributed by atoms with E-state index in [-0.39, 0.29) is 17.7 Å². The molecule has 1 aromatic carbocycles. The number of carbonyl (C=O) groups excluding carboxylic acids is 2. The van der Waals surface area contributed by atoms with Crippen LogP contribution in [0.15, 0.2) is 30.3 Å². The molecule has 2 aliphatic rings. The van der Waals surface area contributed by atoms with Crippen LogP contribution in [0, 0.1) is 5.92 Å². The molecule has 2 aliphatic heterocycles. The second kappa shape index (κ2) is 8.41. The van der Waals surface area contributed by atoms with Gasteiger partial charge in [-0.05, 0) is 18.4 Å². The van der Waals surface area contributed by atoms with Crippen molar-refractivity contribution in [2.45, 2.75) is 39.3 Å². The second-order valence-corrected chi connectivity index (χ2v) is 8.69. The van der Waals surface area contributed by atoms with Gasteiger partial charge in [-0.25, -0.2) is 4.98 Å². The van der Waals surface area contributed by atoms with Crippen molar-refractivity contribution in [2.24, 2.45) is 5.92 Å². The van der Waals surface area contributed by atoms with Gasteiger partial charge in [0.2, 0.25) is 11.8 Å². The fraction of sp³-hybridized carbons (Fsp3) is 0.476. The highest BCUT2D eigenvalue weighted by Gasteiger charge is 2.27. The summed E-state index contributed by atoms with van der Waals surface area (Å²) in [6.07, 6.45) is 2.37. The maximum absolute atomic E-state index is 12.6. The zero-order valence-electron chi connectivity index (χ0n) is 16.2. The van der Waals surface area contributed by atoms with Gasteiger partial charge >= 0.3 is 0 Å². The molecule has 28 heavy (non-hydrogen) atoms. The molecule has 1 saturated heterocycles. The van der Waals surface area contributed by atoms with Crippen LogP contribution in [0.5, 0.6) is 0 Å². The molecule has 7 heteroatoms. The van der Waals surface area contributed by atoms with E-state index in [0.29, 0.717) is 18.2 Å². The molecule has 3 heterocycles. The Kier molecular flexibility index (Phi) is 5.73. The van der Waals surface area contributed by atoms with Crippen molar-refractivity contribution in [3.63, 3.8) is 0 Å². The summed E-state index contributed by atoms with van der Waals surface area (Å²) in [6, 6.07) is 10.5. The number of nitrogens with one attached hydrogen (secondary N) is 1. The number of anilines is 1. The number of hydrogen-bond acceptors (Lipinski definition) is 5. The smallest absolute Gasteiger partial charge is 0.229 e. The highest BCUT2D eigenvalue weighted by Crippen LogP contribution is 2.30. The van der Waals surface area contributed by atoms with Crippen LogP contribution in [-0.4, -0.2) is 46.2 Å². The lowest BCUT2D eigenvalue weighted by Crippen LogP contribution is -2.40. The molecule has 148 valence electrons. The number of aromatic nitrogens is 1. The molecular formula is C21H26N4O2S. The molecular weight excluding hydrogens is 372 g/mol. The summed E-state index contributed by atoms with van der Waals surface area (Å²) in [5.74, 6) is 0.0908. The molecule has 0 bridgehead atoms. The van der Waals surface area contributed by atoms with E-state index in [9.17, 15) is 9.59 Å². The molecule has 0 radical (unpaired) electrons. The zero-order chi connectivity index (χ0) is 19.5. The van der Waals surface area contributed by atoms with Crippen molar-refractivity contribution in [3.05, 3.63) is 46.5 Å². The Labute approximate surface area is 169 Å². The fourth-order valence-corrected chi connectivity index (χ4v) is 5.00. The number of benzene rings is 1. The summed E-state index contributed by atoms with van der Waals surface area (Å²) in [7, 11) is 0. The quantitative estimate of drug-likeness (QED) is 0.860. The molecule has 0 unspecified atom stereocenters. The molecule has 6 nitrogen and oxygen atoms in total. The number of piperidine rings is 1. The molecule has 1 aromatic heterocycles. The normalized spacial score (nSPS) is 18.0. The van der Waals surface area contributed by atoms with Crippen LogP contribution in [0.25, 0.3) is 0 Å². The van der Waals surface area contributed by atoms with Crippen LogP contribution in [0.4, 0.5) is 5.13 Å². The summed E-state index contributed by atoms with van der Waals surface area (Å²) in [4.78, 5) is 34.2. The van der Waals surface area contributed by atoms with Crippen LogP contribution >= 0.6 is 11.3 Å². The first kappa shape index (κ1) is 19.1. The first-order valence-corrected chi connectivity index (χ1v) is 10.7. The number of likely N-dealkylation sites (tertiary alicyclic amines) is 1. The van der Waals surface area contributed by atoms with Gasteiger partial charge in [0.05, 0.1) is 5.69 Å². The molecule has 0 spiro atoms. The van der Waals surface area contributed by atoms with Gasteiger partial charge in [-0.2, -0.15) is 0 Å². The molecule has 4 rings (SSSR count). The van der Waals surface area contributed by atoms with Crippen molar-refractivity contribution >= 4 is 28.3 Å². The molecule has 2 amide bonds. The average Bonchev–Trinajstić information content (AvgIpc) is 3.10. The van der Waals surface area contributed by atoms with Gasteiger partial charge in [0, 0.05) is 56.9 Å². The number of hydrogen-bond donors (Lipinski definition) is 1. The molecule has 1 fully saturated rings. The number of carbonyl (C=O) groups is 2. The standard InChI is InChI=1S/C21H26N4O2S/c1-15(26)25-11-7-17(8-12-25)20(27)23-21-22-18-9-10-24(14-19(18)28-21)13-16-5-3-2-4-6-16/h2-6,17H,7-14H2,1H3,(H,22,23,27). The van der Waals surface area contributed by atoms with E-state index in [1.807, 2.05) is 11.0 Å². The zero-order valence-corrected chi connectivity index (χ0v) is 17.0. The maximum Gasteiger partial charge on any atom is 0.229 e. The van der Waals surface area contributed by atoms with E-state index in [0.717, 1.165) is 44.6 Å².